The minimum Gasteiger partial charge on any atom is -1.00 e. The van der Waals surface area contributed by atoms with Gasteiger partial charge in [-0.1, -0.05) is 12.1 Å². The summed E-state index contributed by atoms with van der Waals surface area (Å²) >= 11 is 0. The topological polar surface area (TPSA) is 100 Å². The molecule has 33 heavy (non-hydrogen) atoms. The average molecular weight is 525 g/mol. The first-order valence-electron chi connectivity index (χ1n) is 10.8. The Morgan fingerprint density at radius 3 is 2.52 bits per heavy atom. The molecular weight excluding hydrogens is 496 g/mol. The molecule has 1 N–H and O–H groups in total. The van der Waals surface area contributed by atoms with Gasteiger partial charge >= 0.3 is 0 Å². The van der Waals surface area contributed by atoms with Crippen LogP contribution in [0.2, 0.25) is 0 Å². The first-order valence-corrected chi connectivity index (χ1v) is 10.8. The van der Waals surface area contributed by atoms with Crippen molar-refractivity contribution in [3.05, 3.63) is 64.2 Å². The molecule has 2 aliphatic rings. The molecule has 0 aliphatic carbocycles. The zero-order valence-corrected chi connectivity index (χ0v) is 19.9. The molecule has 2 unspecified atom stereocenters. The molecule has 10 heteroatoms. The van der Waals surface area contributed by atoms with Crippen LogP contribution in [0.25, 0.3) is 0 Å². The first-order chi connectivity index (χ1) is 15.5. The number of halogens is 1. The molecule has 0 bridgehead atoms. The number of benzene rings is 2. The van der Waals surface area contributed by atoms with Gasteiger partial charge in [-0.05, 0) is 24.3 Å². The lowest BCUT2D eigenvalue weighted by atomic mass is 10.1. The van der Waals surface area contributed by atoms with Crippen LogP contribution in [0.15, 0.2) is 48.5 Å². The Hall–Kier alpha value is -2.24. The van der Waals surface area contributed by atoms with E-state index in [2.05, 4.69) is 0 Å². The van der Waals surface area contributed by atoms with Crippen molar-refractivity contribution in [3.8, 4) is 11.5 Å². The Kier molecular flexibility index (Phi) is 9.04. The van der Waals surface area contributed by atoms with Crippen molar-refractivity contribution in [2.75, 3.05) is 52.7 Å². The van der Waals surface area contributed by atoms with Crippen LogP contribution in [0, 0.1) is 10.1 Å². The maximum Gasteiger partial charge on any atom is 0.269 e. The van der Waals surface area contributed by atoms with Gasteiger partial charge < -0.3 is 45.5 Å². The number of aliphatic hydroxyl groups excluding tert-OH is 1. The van der Waals surface area contributed by atoms with Crippen LogP contribution in [-0.2, 0) is 16.0 Å². The summed E-state index contributed by atoms with van der Waals surface area (Å²) < 4.78 is 23.5. The third-order valence-corrected chi connectivity index (χ3v) is 5.86. The second-order valence-electron chi connectivity index (χ2n) is 8.35. The van der Waals surface area contributed by atoms with Gasteiger partial charge in [0, 0.05) is 17.7 Å². The van der Waals surface area contributed by atoms with E-state index in [0.29, 0.717) is 49.7 Å². The number of para-hydroxylation sites is 2. The number of nitrogens with zero attached hydrogens (tertiary/aromatic N) is 2. The summed E-state index contributed by atoms with van der Waals surface area (Å²) in [5, 5.41) is 21.6. The van der Waals surface area contributed by atoms with Gasteiger partial charge in [-0.25, -0.2) is 0 Å². The summed E-state index contributed by atoms with van der Waals surface area (Å²) in [5.74, 6) is 1.43. The molecule has 1 fully saturated rings. The summed E-state index contributed by atoms with van der Waals surface area (Å²) in [6.45, 7) is 4.90. The van der Waals surface area contributed by atoms with Crippen molar-refractivity contribution >= 4 is 5.69 Å². The zero-order valence-electron chi connectivity index (χ0n) is 18.3. The number of rotatable bonds is 9. The summed E-state index contributed by atoms with van der Waals surface area (Å²) in [4.78, 5) is 10.5. The monoisotopic (exact) mass is 524 g/mol. The Labute approximate surface area is 203 Å². The molecule has 0 aromatic heterocycles. The van der Waals surface area contributed by atoms with Crippen LogP contribution < -0.4 is 26.5 Å². The lowest BCUT2D eigenvalue weighted by Gasteiger charge is -2.42. The van der Waals surface area contributed by atoms with Crippen molar-refractivity contribution in [1.29, 1.82) is 0 Å². The van der Waals surface area contributed by atoms with Gasteiger partial charge in [-0.15, -0.1) is 0 Å². The van der Waals surface area contributed by atoms with E-state index in [9.17, 15) is 15.2 Å². The molecule has 9 nitrogen and oxygen atoms in total. The van der Waals surface area contributed by atoms with Crippen LogP contribution in [0.5, 0.6) is 11.5 Å². The number of ether oxygens (including phenoxy) is 4. The maximum absolute atomic E-state index is 10.9. The van der Waals surface area contributed by atoms with Crippen LogP contribution in [0.3, 0.4) is 0 Å². The van der Waals surface area contributed by atoms with Gasteiger partial charge in [0.1, 0.15) is 38.9 Å². The molecule has 0 radical (unpaired) electrons. The van der Waals surface area contributed by atoms with E-state index < -0.39 is 11.0 Å². The molecule has 2 aromatic carbocycles. The largest absolute Gasteiger partial charge is 1.00 e. The Morgan fingerprint density at radius 1 is 1.12 bits per heavy atom. The van der Waals surface area contributed by atoms with Gasteiger partial charge in [-0.2, -0.15) is 0 Å². The van der Waals surface area contributed by atoms with E-state index in [0.717, 1.165) is 24.4 Å². The summed E-state index contributed by atoms with van der Waals surface area (Å²) in [6.07, 6.45) is -0.869. The van der Waals surface area contributed by atoms with Crippen molar-refractivity contribution in [2.45, 2.75) is 18.8 Å². The SMILES string of the molecule is O=[N+]([O-])c1ccc(C[N+]2(CC(O)COCC3COc4ccccc4O3)CCOCC2)cc1.[Br-]. The molecule has 2 heterocycles. The zero-order chi connectivity index (χ0) is 22.4. The molecule has 1 saturated heterocycles. The minimum absolute atomic E-state index is 0. The smallest absolute Gasteiger partial charge is 0.269 e. The van der Waals surface area contributed by atoms with Gasteiger partial charge in [0.15, 0.2) is 17.6 Å². The Bertz CT molecular complexity index is 906. The molecule has 2 aromatic rings. The number of quaternary nitrogens is 1. The van der Waals surface area contributed by atoms with E-state index in [1.807, 2.05) is 24.3 Å². The van der Waals surface area contributed by atoms with E-state index in [-0.39, 0.29) is 35.4 Å². The van der Waals surface area contributed by atoms with E-state index >= 15 is 0 Å². The molecule has 0 spiro atoms. The van der Waals surface area contributed by atoms with Crippen LogP contribution >= 0.6 is 0 Å². The predicted octanol–water partition coefficient (Wildman–Crippen LogP) is -0.837. The number of nitro groups is 1. The highest BCUT2D eigenvalue weighted by atomic mass is 79.9. The second kappa shape index (κ2) is 11.8. The molecular formula is C23H29BrN2O7. The number of nitro benzene ring substituents is 1. The van der Waals surface area contributed by atoms with Crippen molar-refractivity contribution in [3.63, 3.8) is 0 Å². The fourth-order valence-electron chi connectivity index (χ4n) is 4.23. The molecule has 0 amide bonds. The minimum atomic E-state index is -0.650. The number of aliphatic hydroxyl groups is 1. The van der Waals surface area contributed by atoms with Crippen LogP contribution in [0.1, 0.15) is 5.56 Å². The van der Waals surface area contributed by atoms with Crippen molar-refractivity contribution in [2.24, 2.45) is 0 Å². The van der Waals surface area contributed by atoms with Crippen LogP contribution in [-0.4, -0.2) is 79.4 Å². The standard InChI is InChI=1S/C23H29N2O7.BrH/c26-20(15-30-16-21-17-31-22-3-1-2-4-23(22)32-21)14-25(9-11-29-12-10-25)13-18-5-7-19(8-6-18)24(27)28;/h1-8,20-21,26H,9-17H2;1H/q+1;/p-1. The number of morpholine rings is 1. The third kappa shape index (κ3) is 6.87. The lowest BCUT2D eigenvalue weighted by molar-refractivity contribution is -0.950. The highest BCUT2D eigenvalue weighted by Gasteiger charge is 2.33. The van der Waals surface area contributed by atoms with E-state index in [1.54, 1.807) is 12.1 Å². The Morgan fingerprint density at radius 2 is 1.82 bits per heavy atom. The molecule has 0 saturated carbocycles. The normalized spacial score (nSPS) is 19.8. The van der Waals surface area contributed by atoms with E-state index in [4.69, 9.17) is 18.9 Å². The van der Waals surface area contributed by atoms with Gasteiger partial charge in [0.05, 0.1) is 31.4 Å². The number of non-ortho nitro benzene ring substituents is 1. The summed E-state index contributed by atoms with van der Waals surface area (Å²) in [5.41, 5.74) is 1.07. The first kappa shape index (κ1) is 25.4. The molecule has 2 atom stereocenters. The molecule has 180 valence electrons. The third-order valence-electron chi connectivity index (χ3n) is 5.86. The highest BCUT2D eigenvalue weighted by Crippen LogP contribution is 2.31. The fraction of sp³-hybridized carbons (Fsp3) is 0.478. The predicted molar refractivity (Wildman–Crippen MR) is 116 cm³/mol. The summed E-state index contributed by atoms with van der Waals surface area (Å²) in [6, 6.07) is 14.1. The highest BCUT2D eigenvalue weighted by molar-refractivity contribution is 5.40. The number of fused-ring (bicyclic) bond motifs is 1. The van der Waals surface area contributed by atoms with Gasteiger partial charge in [0.25, 0.3) is 5.69 Å². The lowest BCUT2D eigenvalue weighted by Crippen LogP contribution is -3.00. The molecule has 2 aliphatic heterocycles. The Balaban J connectivity index is 0.00000306. The number of hydrogen-bond donors (Lipinski definition) is 1. The average Bonchev–Trinajstić information content (AvgIpc) is 2.80. The van der Waals surface area contributed by atoms with Gasteiger partial charge in [-0.3, -0.25) is 10.1 Å². The molecule has 4 rings (SSSR count). The quantitative estimate of drug-likeness (QED) is 0.259. The maximum atomic E-state index is 10.9. The number of hydrogen-bond acceptors (Lipinski definition) is 7. The van der Waals surface area contributed by atoms with Crippen molar-refractivity contribution in [1.82, 2.24) is 0 Å². The fourth-order valence-corrected chi connectivity index (χ4v) is 4.23. The van der Waals surface area contributed by atoms with E-state index in [1.165, 1.54) is 12.1 Å². The second-order valence-corrected chi connectivity index (χ2v) is 8.35. The van der Waals surface area contributed by atoms with Gasteiger partial charge in [0.2, 0.25) is 0 Å². The van der Waals surface area contributed by atoms with Crippen LogP contribution in [0.4, 0.5) is 5.69 Å². The van der Waals surface area contributed by atoms with Crippen molar-refractivity contribution < 1.29 is 50.4 Å². The summed E-state index contributed by atoms with van der Waals surface area (Å²) in [7, 11) is 0.